The molecular formula is C18H21FINO4S2. The van der Waals surface area contributed by atoms with E-state index in [0.29, 0.717) is 26.4 Å². The SMILES string of the molecule is CC(=O)c1sc(Cc2ccc(I)cc2F)c(C(=O)NC[C@H](O)CO)c1C.S. The van der Waals surface area contributed by atoms with Gasteiger partial charge >= 0.3 is 0 Å². The molecule has 1 aromatic carbocycles. The highest BCUT2D eigenvalue weighted by molar-refractivity contribution is 14.1. The summed E-state index contributed by atoms with van der Waals surface area (Å²) in [4.78, 5) is 25.5. The van der Waals surface area contributed by atoms with Crippen LogP contribution in [0.3, 0.4) is 0 Å². The standard InChI is InChI=1S/C18H19FINO4S.H2S/c1-9-16(18(25)21-7-13(24)8-22)15(26-17(9)10(2)23)5-11-3-4-12(20)6-14(11)19;/h3-4,6,13,22,24H,5,7-8H2,1-2H3,(H,21,25);1H2/t13-;/m0./s1. The Morgan fingerprint density at radius 3 is 2.59 bits per heavy atom. The van der Waals surface area contributed by atoms with Gasteiger partial charge in [0.05, 0.1) is 23.2 Å². The number of amides is 1. The van der Waals surface area contributed by atoms with Crippen molar-refractivity contribution in [2.45, 2.75) is 26.4 Å². The number of hydrogen-bond acceptors (Lipinski definition) is 5. The van der Waals surface area contributed by atoms with E-state index in [1.807, 2.05) is 22.6 Å². The molecule has 0 aliphatic carbocycles. The van der Waals surface area contributed by atoms with Crippen LogP contribution < -0.4 is 5.32 Å². The molecule has 5 nitrogen and oxygen atoms in total. The third kappa shape index (κ3) is 5.98. The Labute approximate surface area is 181 Å². The number of ketones is 1. The highest BCUT2D eigenvalue weighted by Crippen LogP contribution is 2.31. The fraction of sp³-hybridized carbons (Fsp3) is 0.333. The summed E-state index contributed by atoms with van der Waals surface area (Å²) in [6.07, 6.45) is -0.880. The van der Waals surface area contributed by atoms with E-state index in [-0.39, 0.29) is 38.1 Å². The molecule has 0 fully saturated rings. The molecule has 1 heterocycles. The van der Waals surface area contributed by atoms with Gasteiger partial charge in [-0.05, 0) is 59.7 Å². The van der Waals surface area contributed by atoms with Crippen molar-refractivity contribution in [1.82, 2.24) is 5.32 Å². The second-order valence-electron chi connectivity index (χ2n) is 5.87. The minimum Gasteiger partial charge on any atom is -0.394 e. The number of thiophene rings is 1. The van der Waals surface area contributed by atoms with Crippen LogP contribution in [0.25, 0.3) is 0 Å². The first kappa shape index (κ1) is 24.0. The molecule has 1 atom stereocenters. The van der Waals surface area contributed by atoms with Crippen LogP contribution in [0.15, 0.2) is 18.2 Å². The van der Waals surface area contributed by atoms with Crippen molar-refractivity contribution in [3.63, 3.8) is 0 Å². The second-order valence-corrected chi connectivity index (χ2v) is 8.22. The summed E-state index contributed by atoms with van der Waals surface area (Å²) in [7, 11) is 0. The van der Waals surface area contributed by atoms with Gasteiger partial charge in [-0.1, -0.05) is 6.07 Å². The third-order valence-corrected chi connectivity index (χ3v) is 5.91. The molecule has 0 unspecified atom stereocenters. The summed E-state index contributed by atoms with van der Waals surface area (Å²) in [5.41, 5.74) is 1.30. The van der Waals surface area contributed by atoms with Crippen LogP contribution in [0.2, 0.25) is 0 Å². The van der Waals surface area contributed by atoms with Crippen molar-refractivity contribution in [3.05, 3.63) is 54.0 Å². The Balaban J connectivity index is 0.00000364. The van der Waals surface area contributed by atoms with Crippen LogP contribution in [0.4, 0.5) is 4.39 Å². The van der Waals surface area contributed by atoms with Crippen LogP contribution in [0.5, 0.6) is 0 Å². The molecule has 2 rings (SSSR count). The monoisotopic (exact) mass is 525 g/mol. The number of carbonyl (C=O) groups is 2. The van der Waals surface area contributed by atoms with Crippen LogP contribution in [0.1, 0.15) is 43.0 Å². The van der Waals surface area contributed by atoms with E-state index in [1.165, 1.54) is 24.3 Å². The number of halogens is 2. The maximum absolute atomic E-state index is 14.2. The average Bonchev–Trinajstić information content (AvgIpc) is 2.91. The number of carbonyl (C=O) groups excluding carboxylic acids is 2. The summed E-state index contributed by atoms with van der Waals surface area (Å²) in [6.45, 7) is 2.52. The van der Waals surface area contributed by atoms with E-state index in [9.17, 15) is 19.1 Å². The predicted octanol–water partition coefficient (Wildman–Crippen LogP) is 2.79. The largest absolute Gasteiger partial charge is 0.394 e. The van der Waals surface area contributed by atoms with E-state index in [1.54, 1.807) is 19.1 Å². The minimum atomic E-state index is -1.07. The lowest BCUT2D eigenvalue weighted by atomic mass is 10.0. The normalized spacial score (nSPS) is 11.6. The molecule has 0 bridgehead atoms. The maximum atomic E-state index is 14.2. The van der Waals surface area contributed by atoms with Gasteiger partial charge in [-0.3, -0.25) is 9.59 Å². The van der Waals surface area contributed by atoms with E-state index >= 15 is 0 Å². The van der Waals surface area contributed by atoms with Crippen molar-refractivity contribution in [2.75, 3.05) is 13.2 Å². The molecule has 0 aliphatic heterocycles. The first-order valence-corrected chi connectivity index (χ1v) is 9.78. The molecule has 9 heteroatoms. The predicted molar refractivity (Wildman–Crippen MR) is 117 cm³/mol. The van der Waals surface area contributed by atoms with Gasteiger partial charge in [-0.25, -0.2) is 4.39 Å². The zero-order chi connectivity index (χ0) is 19.4. The number of aliphatic hydroxyl groups is 2. The van der Waals surface area contributed by atoms with Crippen molar-refractivity contribution in [1.29, 1.82) is 0 Å². The van der Waals surface area contributed by atoms with Gasteiger partial charge in [0.15, 0.2) is 5.78 Å². The molecule has 0 saturated heterocycles. The Hall–Kier alpha value is -1.01. The average molecular weight is 525 g/mol. The number of hydrogen-bond donors (Lipinski definition) is 3. The first-order chi connectivity index (χ1) is 12.2. The van der Waals surface area contributed by atoms with Gasteiger partial charge in [0, 0.05) is 21.4 Å². The molecule has 1 aromatic heterocycles. The molecule has 3 N–H and O–H groups in total. The van der Waals surface area contributed by atoms with E-state index in [4.69, 9.17) is 5.11 Å². The van der Waals surface area contributed by atoms with Gasteiger partial charge in [0.25, 0.3) is 5.91 Å². The van der Waals surface area contributed by atoms with Gasteiger partial charge < -0.3 is 15.5 Å². The zero-order valence-corrected chi connectivity index (χ0v) is 18.8. The number of nitrogens with one attached hydrogen (secondary N) is 1. The van der Waals surface area contributed by atoms with Gasteiger partial charge in [-0.15, -0.1) is 11.3 Å². The van der Waals surface area contributed by atoms with Crippen molar-refractivity contribution >= 4 is 59.1 Å². The Kier molecular flexibility index (Phi) is 9.35. The molecule has 0 aliphatic rings. The molecule has 27 heavy (non-hydrogen) atoms. The summed E-state index contributed by atoms with van der Waals surface area (Å²) in [5, 5.41) is 20.8. The molecule has 148 valence electrons. The summed E-state index contributed by atoms with van der Waals surface area (Å²) < 4.78 is 15.0. The summed E-state index contributed by atoms with van der Waals surface area (Å²) in [5.74, 6) is -0.986. The van der Waals surface area contributed by atoms with Crippen molar-refractivity contribution in [3.8, 4) is 0 Å². The lowest BCUT2D eigenvalue weighted by molar-refractivity contribution is 0.0801. The highest BCUT2D eigenvalue weighted by Gasteiger charge is 2.24. The fourth-order valence-corrected chi connectivity index (χ4v) is 4.21. The molecule has 1 amide bonds. The number of aliphatic hydroxyl groups excluding tert-OH is 2. The van der Waals surface area contributed by atoms with Crippen LogP contribution in [-0.4, -0.2) is 41.2 Å². The minimum absolute atomic E-state index is 0. The lowest BCUT2D eigenvalue weighted by Gasteiger charge is -2.11. The number of Topliss-reactive ketones (excluding diaryl/α,β-unsaturated/α-hetero) is 1. The van der Waals surface area contributed by atoms with E-state index in [0.717, 1.165) is 3.57 Å². The summed E-state index contributed by atoms with van der Waals surface area (Å²) in [6, 6.07) is 4.86. The quantitative estimate of drug-likeness (QED) is 0.384. The smallest absolute Gasteiger partial charge is 0.252 e. The summed E-state index contributed by atoms with van der Waals surface area (Å²) >= 11 is 3.20. The Morgan fingerprint density at radius 1 is 1.37 bits per heavy atom. The number of rotatable bonds is 7. The lowest BCUT2D eigenvalue weighted by Crippen LogP contribution is -2.34. The van der Waals surface area contributed by atoms with Crippen molar-refractivity contribution < 1.29 is 24.2 Å². The fourth-order valence-electron chi connectivity index (χ4n) is 2.53. The van der Waals surface area contributed by atoms with Crippen LogP contribution in [-0.2, 0) is 6.42 Å². The van der Waals surface area contributed by atoms with E-state index < -0.39 is 18.6 Å². The highest BCUT2D eigenvalue weighted by atomic mass is 127. The van der Waals surface area contributed by atoms with Crippen LogP contribution >= 0.6 is 47.4 Å². The molecular weight excluding hydrogens is 504 g/mol. The topological polar surface area (TPSA) is 86.6 Å². The van der Waals surface area contributed by atoms with Gasteiger partial charge in [-0.2, -0.15) is 13.5 Å². The zero-order valence-electron chi connectivity index (χ0n) is 14.8. The number of benzene rings is 1. The third-order valence-electron chi connectivity index (χ3n) is 3.84. The van der Waals surface area contributed by atoms with Crippen molar-refractivity contribution in [2.24, 2.45) is 0 Å². The Morgan fingerprint density at radius 2 is 2.04 bits per heavy atom. The first-order valence-electron chi connectivity index (χ1n) is 7.88. The maximum Gasteiger partial charge on any atom is 0.252 e. The van der Waals surface area contributed by atoms with E-state index in [2.05, 4.69) is 5.32 Å². The van der Waals surface area contributed by atoms with Crippen LogP contribution in [0, 0.1) is 16.3 Å². The molecule has 0 radical (unpaired) electrons. The van der Waals surface area contributed by atoms with Gasteiger partial charge in [0.1, 0.15) is 5.82 Å². The molecule has 0 spiro atoms. The molecule has 0 saturated carbocycles. The molecule has 2 aromatic rings. The van der Waals surface area contributed by atoms with Gasteiger partial charge in [0.2, 0.25) is 0 Å². The Bertz CT molecular complexity index is 841. The second kappa shape index (κ2) is 10.5.